The Morgan fingerprint density at radius 1 is 0.840 bits per heavy atom. The predicted molar refractivity (Wildman–Crippen MR) is 282 cm³/mol. The van der Waals surface area contributed by atoms with Gasteiger partial charge in [0.15, 0.2) is 0 Å². The molecule has 3 aromatic carbocycles. The number of carbonyl (C=O) groups is 6. The zero-order valence-electron chi connectivity index (χ0n) is 43.6. The number of anilines is 1. The van der Waals surface area contributed by atoms with E-state index in [9.17, 15) is 33.9 Å². The van der Waals surface area contributed by atoms with Crippen molar-refractivity contribution < 1.29 is 57.6 Å². The van der Waals surface area contributed by atoms with Gasteiger partial charge in [-0.2, -0.15) is 0 Å². The van der Waals surface area contributed by atoms with E-state index in [2.05, 4.69) is 63.8 Å². The van der Waals surface area contributed by atoms with Gasteiger partial charge in [0.25, 0.3) is 0 Å². The molecule has 1 spiro atoms. The van der Waals surface area contributed by atoms with E-state index in [1.54, 1.807) is 37.3 Å². The number of aliphatic hydroxyl groups is 1. The van der Waals surface area contributed by atoms with Crippen molar-refractivity contribution in [2.75, 3.05) is 31.6 Å². The molecule has 3 saturated heterocycles. The number of fused-ring (bicyclic) bond motifs is 3. The van der Waals surface area contributed by atoms with Crippen molar-refractivity contribution >= 4 is 41.4 Å². The lowest BCUT2D eigenvalue weighted by Crippen LogP contribution is -2.50. The van der Waals surface area contributed by atoms with Crippen molar-refractivity contribution in [2.24, 2.45) is 5.92 Å². The minimum absolute atomic E-state index is 0.00659. The van der Waals surface area contributed by atoms with Crippen LogP contribution in [0.15, 0.2) is 109 Å². The quantitative estimate of drug-likeness (QED) is 0.0189. The van der Waals surface area contributed by atoms with Crippen molar-refractivity contribution in [3.8, 4) is 11.1 Å². The van der Waals surface area contributed by atoms with Gasteiger partial charge in [0.2, 0.25) is 23.6 Å². The molecule has 0 bridgehead atoms. The summed E-state index contributed by atoms with van der Waals surface area (Å²) in [7, 11) is 0. The molecule has 75 heavy (non-hydrogen) atoms. The van der Waals surface area contributed by atoms with Crippen LogP contribution in [0, 0.1) is 5.92 Å². The van der Waals surface area contributed by atoms with Gasteiger partial charge in [-0.25, -0.2) is 4.79 Å². The normalized spacial score (nSPS) is 24.5. The summed E-state index contributed by atoms with van der Waals surface area (Å²) in [5.74, 6) is -1.35. The van der Waals surface area contributed by atoms with E-state index >= 15 is 0 Å². The number of allylic oxidation sites excluding steroid dienone is 2. The smallest absolute Gasteiger partial charge is 0.407 e. The first-order valence-electron chi connectivity index (χ1n) is 26.2. The first-order chi connectivity index (χ1) is 36.0. The molecule has 3 aliphatic heterocycles. The summed E-state index contributed by atoms with van der Waals surface area (Å²) in [6, 6.07) is 23.2. The number of rotatable bonds is 23. The number of esters is 1. The highest BCUT2D eigenvalue weighted by Gasteiger charge is 2.58. The molecule has 6 N–H and O–H groups in total. The average molecular weight is 1030 g/mol. The van der Waals surface area contributed by atoms with Gasteiger partial charge in [0.05, 0.1) is 43.9 Å². The Bertz CT molecular complexity index is 2530. The lowest BCUT2D eigenvalue weighted by atomic mass is 9.87. The molecule has 3 heterocycles. The minimum Gasteiger partial charge on any atom is -0.459 e. The van der Waals surface area contributed by atoms with Gasteiger partial charge >= 0.3 is 12.1 Å². The number of hydrogen-bond acceptors (Lipinski definition) is 12. The van der Waals surface area contributed by atoms with Gasteiger partial charge in [0.1, 0.15) is 30.5 Å². The Balaban J connectivity index is 0.741. The van der Waals surface area contributed by atoms with Crippen LogP contribution in [-0.2, 0) is 54.2 Å². The number of ether oxygens (including phenoxy) is 5. The van der Waals surface area contributed by atoms with Crippen molar-refractivity contribution in [1.29, 1.82) is 0 Å². The molecule has 17 nitrogen and oxygen atoms in total. The van der Waals surface area contributed by atoms with Gasteiger partial charge in [0, 0.05) is 50.5 Å². The summed E-state index contributed by atoms with van der Waals surface area (Å²) >= 11 is 0. The fourth-order valence-corrected chi connectivity index (χ4v) is 9.97. The number of epoxide rings is 1. The van der Waals surface area contributed by atoms with E-state index in [0.29, 0.717) is 44.5 Å². The second-order valence-corrected chi connectivity index (χ2v) is 20.2. The lowest BCUT2D eigenvalue weighted by molar-refractivity contribution is -0.145. The summed E-state index contributed by atoms with van der Waals surface area (Å²) in [6.45, 7) is 10.2. The molecular weight excluding hydrogens is 959 g/mol. The molecule has 17 heteroatoms. The van der Waals surface area contributed by atoms with E-state index < -0.39 is 42.1 Å². The third-order valence-corrected chi connectivity index (χ3v) is 14.2. The van der Waals surface area contributed by atoms with Crippen LogP contribution < -0.4 is 26.6 Å². The van der Waals surface area contributed by atoms with Gasteiger partial charge in [-0.05, 0) is 98.4 Å². The van der Waals surface area contributed by atoms with Gasteiger partial charge in [-0.3, -0.25) is 24.0 Å². The number of hydrogen-bond donors (Lipinski definition) is 6. The fraction of sp³-hybridized carbons (Fsp3) is 0.483. The number of amides is 5. The molecule has 4 aliphatic rings. The molecular formula is C58H73N5O12. The van der Waals surface area contributed by atoms with E-state index in [4.69, 9.17) is 23.7 Å². The van der Waals surface area contributed by atoms with Crippen molar-refractivity contribution in [1.82, 2.24) is 21.3 Å². The van der Waals surface area contributed by atoms with Crippen molar-refractivity contribution in [3.05, 3.63) is 125 Å². The highest BCUT2D eigenvalue weighted by Crippen LogP contribution is 2.45. The lowest BCUT2D eigenvalue weighted by Gasteiger charge is -2.39. The Morgan fingerprint density at radius 3 is 2.24 bits per heavy atom. The van der Waals surface area contributed by atoms with Crippen LogP contribution >= 0.6 is 0 Å². The number of alkyl carbamates (subject to hydrolysis) is 1. The number of aliphatic hydroxyl groups excluding tert-OH is 1. The molecule has 3 fully saturated rings. The topological polar surface area (TPSA) is 232 Å². The molecule has 402 valence electrons. The largest absolute Gasteiger partial charge is 0.459 e. The molecule has 9 atom stereocenters. The maximum Gasteiger partial charge on any atom is 0.407 e. The third-order valence-electron chi connectivity index (χ3n) is 14.2. The Hall–Kier alpha value is -6.66. The van der Waals surface area contributed by atoms with Crippen LogP contribution in [0.4, 0.5) is 10.5 Å². The summed E-state index contributed by atoms with van der Waals surface area (Å²) in [4.78, 5) is 74.3. The first kappa shape index (κ1) is 56.1. The standard InChI is InChI=1S/C58H73N5O12/c1-36(18-25-50-37(2)29-49(39(4)74-50)63-53(66)27-20-38(3)73-40(5)64)19-26-51-56(69)58(35-72-58)31-43(75-51)30-54(67)60-32-41-21-23-42(24-22-41)62-55(68)33-61-52(65)17-7-6-12-28-59-57(70)71-34-48-46-15-10-8-13-44(46)45-14-9-11-16-47(45)48/h8-11,13-16,18-24,26-27,37-39,43,48-51,56,69H,6-7,12,17,25,28-35H2,1-5H3,(H,59,70)(H,60,67)(H,61,65)(H,62,68)(H,63,66)/t37-,38-,39+,43+,49+,50-,51+,56+,58+/m0/s1. The molecule has 5 amide bonds. The SMILES string of the molecule is CC(=O)O[C@@H](C)C=CC(=O)N[C@@H]1C[C@H](C)[C@H](CC=C(C)C=C[C@H]2O[C@H](CC(=O)NCc3ccc(NC(=O)CNC(=O)CCCCCNC(=O)OCC4c5ccccc5-c5ccccc54)cc3)C[C@@]3(CO3)[C@@H]2O)O[C@@H]1C. The number of carbonyl (C=O) groups excluding carboxylic acids is 6. The molecule has 7 rings (SSSR count). The maximum atomic E-state index is 13.1. The fourth-order valence-electron chi connectivity index (χ4n) is 9.97. The summed E-state index contributed by atoms with van der Waals surface area (Å²) in [5, 5.41) is 25.3. The van der Waals surface area contributed by atoms with E-state index in [0.717, 1.165) is 35.1 Å². The van der Waals surface area contributed by atoms with Gasteiger partial charge < -0.3 is 55.4 Å². The van der Waals surface area contributed by atoms with Gasteiger partial charge in [-0.1, -0.05) is 97.8 Å². The molecule has 0 aromatic heterocycles. The van der Waals surface area contributed by atoms with Crippen LogP contribution in [0.5, 0.6) is 0 Å². The minimum atomic E-state index is -0.887. The first-order valence-corrected chi connectivity index (χ1v) is 26.2. The van der Waals surface area contributed by atoms with Crippen molar-refractivity contribution in [3.63, 3.8) is 0 Å². The highest BCUT2D eigenvalue weighted by atomic mass is 16.6. The van der Waals surface area contributed by atoms with Crippen LogP contribution in [-0.4, -0.2) is 115 Å². The van der Waals surface area contributed by atoms with Crippen LogP contribution in [0.25, 0.3) is 11.1 Å². The predicted octanol–water partition coefficient (Wildman–Crippen LogP) is 6.83. The average Bonchev–Trinajstić information content (AvgIpc) is 4.10. The summed E-state index contributed by atoms with van der Waals surface area (Å²) in [6.07, 6.45) is 9.57. The maximum absolute atomic E-state index is 13.1. The molecule has 0 unspecified atom stereocenters. The zero-order valence-corrected chi connectivity index (χ0v) is 43.6. The van der Waals surface area contributed by atoms with Crippen LogP contribution in [0.3, 0.4) is 0 Å². The Kier molecular flexibility index (Phi) is 20.0. The number of nitrogens with one attached hydrogen (secondary N) is 5. The van der Waals surface area contributed by atoms with Crippen LogP contribution in [0.1, 0.15) is 109 Å². The number of unbranched alkanes of at least 4 members (excludes halogenated alkanes) is 2. The highest BCUT2D eigenvalue weighted by molar-refractivity contribution is 5.94. The molecule has 1 aliphatic carbocycles. The van der Waals surface area contributed by atoms with Gasteiger partial charge in [-0.15, -0.1) is 0 Å². The molecule has 0 radical (unpaired) electrons. The Morgan fingerprint density at radius 2 is 1.55 bits per heavy atom. The Labute approximate surface area is 439 Å². The summed E-state index contributed by atoms with van der Waals surface area (Å²) in [5.41, 5.74) is 6.22. The number of benzene rings is 3. The monoisotopic (exact) mass is 1030 g/mol. The molecule has 0 saturated carbocycles. The van der Waals surface area contributed by atoms with E-state index in [-0.39, 0.29) is 86.3 Å². The second kappa shape index (κ2) is 26.7. The van der Waals surface area contributed by atoms with Crippen LogP contribution in [0.2, 0.25) is 0 Å². The van der Waals surface area contributed by atoms with E-state index in [1.807, 2.05) is 50.3 Å². The summed E-state index contributed by atoms with van der Waals surface area (Å²) < 4.78 is 28.9. The van der Waals surface area contributed by atoms with E-state index in [1.165, 1.54) is 24.1 Å². The van der Waals surface area contributed by atoms with Crippen molar-refractivity contribution in [2.45, 2.75) is 147 Å². The third kappa shape index (κ3) is 16.4. The zero-order chi connectivity index (χ0) is 53.5. The molecule has 3 aromatic rings. The second-order valence-electron chi connectivity index (χ2n) is 20.2.